The van der Waals surface area contributed by atoms with Crippen LogP contribution >= 0.6 is 0 Å². The van der Waals surface area contributed by atoms with Gasteiger partial charge in [-0.1, -0.05) is 25.4 Å². The van der Waals surface area contributed by atoms with Gasteiger partial charge in [0.1, 0.15) is 0 Å². The highest BCUT2D eigenvalue weighted by atomic mass is 16.3. The molecule has 0 aromatic rings. The molecule has 0 heterocycles. The van der Waals surface area contributed by atoms with Gasteiger partial charge in [0.15, 0.2) is 0 Å². The van der Waals surface area contributed by atoms with Crippen LogP contribution in [0.4, 0.5) is 0 Å². The van der Waals surface area contributed by atoms with Gasteiger partial charge in [0.05, 0.1) is 12.6 Å². The molecular weight excluding hydrogens is 142 g/mol. The first kappa shape index (κ1) is 10.6. The average molecular weight is 159 g/mol. The van der Waals surface area contributed by atoms with E-state index >= 15 is 0 Å². The van der Waals surface area contributed by atoms with Gasteiger partial charge in [-0.25, -0.2) is 0 Å². The van der Waals surface area contributed by atoms with Gasteiger partial charge < -0.3 is 5.11 Å². The molecule has 0 rings (SSSR count). The Morgan fingerprint density at radius 3 is 2.45 bits per heavy atom. The molecule has 0 bridgehead atoms. The van der Waals surface area contributed by atoms with Gasteiger partial charge in [0.2, 0.25) is 0 Å². The van der Waals surface area contributed by atoms with E-state index in [2.05, 4.69) is 5.18 Å². The zero-order valence-corrected chi connectivity index (χ0v) is 7.29. The molecule has 0 saturated heterocycles. The molecule has 2 unspecified atom stereocenters. The smallest absolute Gasteiger partial charge is 0.0863 e. The van der Waals surface area contributed by atoms with Crippen molar-refractivity contribution in [3.8, 4) is 0 Å². The van der Waals surface area contributed by atoms with Crippen LogP contribution in [-0.4, -0.2) is 17.8 Å². The Bertz CT molecular complexity index is 106. The number of nitroso groups, excluding NO2 is 1. The summed E-state index contributed by atoms with van der Waals surface area (Å²) in [5, 5.41) is 12.2. The number of hydrogen-bond donors (Lipinski definition) is 1. The zero-order valence-electron chi connectivity index (χ0n) is 7.29. The van der Waals surface area contributed by atoms with Crippen LogP contribution in [0.25, 0.3) is 0 Å². The van der Waals surface area contributed by atoms with Crippen molar-refractivity contribution in [2.24, 2.45) is 11.1 Å². The molecule has 1 N–H and O–H groups in total. The summed E-state index contributed by atoms with van der Waals surface area (Å²) in [5.74, 6) is 0.0625. The van der Waals surface area contributed by atoms with Crippen LogP contribution < -0.4 is 0 Å². The summed E-state index contributed by atoms with van der Waals surface area (Å²) in [4.78, 5) is 9.92. The fourth-order valence-corrected chi connectivity index (χ4v) is 1.15. The fraction of sp³-hybridized carbons (Fsp3) is 1.00. The molecule has 0 aromatic carbocycles. The molecule has 11 heavy (non-hydrogen) atoms. The number of aliphatic hydroxyl groups excluding tert-OH is 1. The third kappa shape index (κ3) is 4.09. The lowest BCUT2D eigenvalue weighted by Crippen LogP contribution is -2.21. The third-order valence-corrected chi connectivity index (χ3v) is 1.96. The van der Waals surface area contributed by atoms with E-state index in [4.69, 9.17) is 0 Å². The van der Waals surface area contributed by atoms with Crippen LogP contribution in [0, 0.1) is 10.8 Å². The topological polar surface area (TPSA) is 49.7 Å². The highest BCUT2D eigenvalue weighted by molar-refractivity contribution is 4.68. The van der Waals surface area contributed by atoms with Gasteiger partial charge in [0, 0.05) is 5.92 Å². The van der Waals surface area contributed by atoms with E-state index in [9.17, 15) is 10.0 Å². The molecule has 0 fully saturated rings. The lowest BCUT2D eigenvalue weighted by Gasteiger charge is -2.17. The van der Waals surface area contributed by atoms with Gasteiger partial charge in [-0.3, -0.25) is 0 Å². The standard InChI is InChI=1S/C8H17NO2/c1-3-5-8(10)7(4-2)6-9-11/h7-8,10H,3-6H2,1-2H3. The second kappa shape index (κ2) is 6.28. The summed E-state index contributed by atoms with van der Waals surface area (Å²) in [6.45, 7) is 4.23. The lowest BCUT2D eigenvalue weighted by atomic mass is 9.96. The van der Waals surface area contributed by atoms with Crippen LogP contribution in [0.5, 0.6) is 0 Å². The quantitative estimate of drug-likeness (QED) is 0.602. The number of aliphatic hydroxyl groups is 1. The molecule has 2 atom stereocenters. The van der Waals surface area contributed by atoms with Crippen molar-refractivity contribution in [3.63, 3.8) is 0 Å². The van der Waals surface area contributed by atoms with Crippen LogP contribution in [0.2, 0.25) is 0 Å². The monoisotopic (exact) mass is 159 g/mol. The first-order chi connectivity index (χ1) is 5.26. The van der Waals surface area contributed by atoms with Crippen LogP contribution in [0.3, 0.4) is 0 Å². The van der Waals surface area contributed by atoms with Crippen molar-refractivity contribution in [2.45, 2.75) is 39.2 Å². The van der Waals surface area contributed by atoms with Gasteiger partial charge in [-0.2, -0.15) is 4.91 Å². The number of hydrogen-bond acceptors (Lipinski definition) is 3. The molecule has 3 heteroatoms. The van der Waals surface area contributed by atoms with Crippen LogP contribution in [-0.2, 0) is 0 Å². The Kier molecular flexibility index (Phi) is 6.03. The summed E-state index contributed by atoms with van der Waals surface area (Å²) >= 11 is 0. The molecule has 66 valence electrons. The largest absolute Gasteiger partial charge is 0.393 e. The van der Waals surface area contributed by atoms with Gasteiger partial charge >= 0.3 is 0 Å². The Morgan fingerprint density at radius 1 is 1.45 bits per heavy atom. The summed E-state index contributed by atoms with van der Waals surface area (Å²) in [6.07, 6.45) is 2.21. The van der Waals surface area contributed by atoms with E-state index in [0.29, 0.717) is 0 Å². The molecule has 3 nitrogen and oxygen atoms in total. The third-order valence-electron chi connectivity index (χ3n) is 1.96. The van der Waals surface area contributed by atoms with E-state index < -0.39 is 0 Å². The zero-order chi connectivity index (χ0) is 8.69. The minimum absolute atomic E-state index is 0.0625. The van der Waals surface area contributed by atoms with Gasteiger partial charge in [-0.05, 0) is 12.8 Å². The summed E-state index contributed by atoms with van der Waals surface area (Å²) in [7, 11) is 0. The molecule has 0 aliphatic rings. The molecular formula is C8H17NO2. The highest BCUT2D eigenvalue weighted by Gasteiger charge is 2.15. The van der Waals surface area contributed by atoms with E-state index in [-0.39, 0.29) is 18.6 Å². The molecule has 0 aliphatic carbocycles. The summed E-state index contributed by atoms with van der Waals surface area (Å²) < 4.78 is 0. The van der Waals surface area contributed by atoms with Crippen molar-refractivity contribution >= 4 is 0 Å². The van der Waals surface area contributed by atoms with E-state index in [1.165, 1.54) is 0 Å². The van der Waals surface area contributed by atoms with Crippen molar-refractivity contribution < 1.29 is 5.11 Å². The maximum Gasteiger partial charge on any atom is 0.0863 e. The minimum Gasteiger partial charge on any atom is -0.393 e. The Balaban J connectivity index is 3.70. The van der Waals surface area contributed by atoms with E-state index in [0.717, 1.165) is 19.3 Å². The molecule has 0 saturated carbocycles. The predicted molar refractivity (Wildman–Crippen MR) is 45.4 cm³/mol. The number of rotatable bonds is 6. The van der Waals surface area contributed by atoms with Crippen molar-refractivity contribution in [1.29, 1.82) is 0 Å². The first-order valence-electron chi connectivity index (χ1n) is 4.23. The summed E-state index contributed by atoms with van der Waals surface area (Å²) in [5.41, 5.74) is 0. The van der Waals surface area contributed by atoms with Crippen molar-refractivity contribution in [2.75, 3.05) is 6.54 Å². The van der Waals surface area contributed by atoms with Crippen molar-refractivity contribution in [1.82, 2.24) is 0 Å². The summed E-state index contributed by atoms with van der Waals surface area (Å²) in [6, 6.07) is 0. The normalized spacial score (nSPS) is 15.9. The fourth-order valence-electron chi connectivity index (χ4n) is 1.15. The second-order valence-corrected chi connectivity index (χ2v) is 2.84. The van der Waals surface area contributed by atoms with Gasteiger partial charge in [0.25, 0.3) is 0 Å². The molecule has 0 spiro atoms. The Labute approximate surface area is 67.8 Å². The highest BCUT2D eigenvalue weighted by Crippen LogP contribution is 2.13. The van der Waals surface area contributed by atoms with Crippen LogP contribution in [0.15, 0.2) is 5.18 Å². The van der Waals surface area contributed by atoms with Gasteiger partial charge in [-0.15, -0.1) is 0 Å². The predicted octanol–water partition coefficient (Wildman–Crippen LogP) is 1.94. The molecule has 0 aromatic heterocycles. The second-order valence-electron chi connectivity index (χ2n) is 2.84. The minimum atomic E-state index is -0.345. The SMILES string of the molecule is CCCC(O)C(CC)CN=O. The lowest BCUT2D eigenvalue weighted by molar-refractivity contribution is 0.0997. The first-order valence-corrected chi connectivity index (χ1v) is 4.23. The van der Waals surface area contributed by atoms with Crippen molar-refractivity contribution in [3.05, 3.63) is 4.91 Å². The molecule has 0 amide bonds. The molecule has 0 radical (unpaired) electrons. The Hall–Kier alpha value is -0.440. The van der Waals surface area contributed by atoms with Crippen LogP contribution in [0.1, 0.15) is 33.1 Å². The maximum absolute atomic E-state index is 9.92. The molecule has 0 aliphatic heterocycles. The number of nitrogens with zero attached hydrogens (tertiary/aromatic N) is 1. The van der Waals surface area contributed by atoms with E-state index in [1.807, 2.05) is 13.8 Å². The van der Waals surface area contributed by atoms with E-state index in [1.54, 1.807) is 0 Å². The Morgan fingerprint density at radius 2 is 2.09 bits per heavy atom. The average Bonchev–Trinajstić information content (AvgIpc) is 2.00. The maximum atomic E-state index is 9.92.